The van der Waals surface area contributed by atoms with Crippen LogP contribution in [0.25, 0.3) is 0 Å². The molecule has 1 saturated carbocycles. The Morgan fingerprint density at radius 2 is 1.34 bits per heavy atom. The highest BCUT2D eigenvalue weighted by Gasteiger charge is 2.49. The lowest BCUT2D eigenvalue weighted by atomic mass is 10.1. The van der Waals surface area contributed by atoms with E-state index in [9.17, 15) is 4.79 Å². The van der Waals surface area contributed by atoms with Crippen molar-refractivity contribution in [3.63, 3.8) is 0 Å². The summed E-state index contributed by atoms with van der Waals surface area (Å²) in [4.78, 5) is 11.8. The van der Waals surface area contributed by atoms with Crippen LogP contribution in [0, 0.1) is 29.6 Å². The van der Waals surface area contributed by atoms with Crippen molar-refractivity contribution >= 4 is 6.09 Å². The van der Waals surface area contributed by atoms with Gasteiger partial charge < -0.3 is 34.1 Å². The van der Waals surface area contributed by atoms with Crippen LogP contribution in [0.5, 0.6) is 0 Å². The number of aliphatic hydroxyl groups excluding tert-OH is 1. The first-order valence-electron chi connectivity index (χ1n) is 10.6. The van der Waals surface area contributed by atoms with Crippen molar-refractivity contribution in [2.24, 2.45) is 17.8 Å². The molecule has 1 amide bonds. The molecule has 1 fully saturated rings. The van der Waals surface area contributed by atoms with E-state index >= 15 is 0 Å². The number of carbonyl (C=O) groups excluding carboxylic acids is 1. The molecule has 0 heterocycles. The molecular weight excluding hydrogens is 378 g/mol. The molecule has 166 valence electrons. The second kappa shape index (κ2) is 15.5. The summed E-state index contributed by atoms with van der Waals surface area (Å²) in [6.45, 7) is 4.57. The van der Waals surface area contributed by atoms with Crippen LogP contribution >= 0.6 is 0 Å². The van der Waals surface area contributed by atoms with Gasteiger partial charge in [-0.1, -0.05) is 0 Å². The van der Waals surface area contributed by atoms with Crippen molar-refractivity contribution in [1.82, 2.24) is 5.32 Å². The molecule has 3 atom stereocenters. The highest BCUT2D eigenvalue weighted by molar-refractivity contribution is 5.67. The zero-order valence-electron chi connectivity index (χ0n) is 17.2. The third-order valence-electron chi connectivity index (χ3n) is 5.11. The Hall–Kier alpha value is -1.37. The Balaban J connectivity index is 1.31. The average Bonchev–Trinajstić information content (AvgIpc) is 3.35. The van der Waals surface area contributed by atoms with E-state index in [0.717, 1.165) is 25.7 Å². The number of rotatable bonds is 16. The topological polar surface area (TPSA) is 95.5 Å². The van der Waals surface area contributed by atoms with Crippen molar-refractivity contribution in [3.05, 3.63) is 0 Å². The first kappa shape index (κ1) is 23.9. The Morgan fingerprint density at radius 3 is 1.90 bits per heavy atom. The first-order valence-corrected chi connectivity index (χ1v) is 10.6. The number of carbonyl (C=O) groups is 1. The quantitative estimate of drug-likeness (QED) is 0.290. The van der Waals surface area contributed by atoms with Crippen LogP contribution in [0.15, 0.2) is 0 Å². The van der Waals surface area contributed by atoms with Crippen molar-refractivity contribution in [2.45, 2.75) is 25.7 Å². The zero-order valence-corrected chi connectivity index (χ0v) is 17.2. The van der Waals surface area contributed by atoms with Gasteiger partial charge >= 0.3 is 6.09 Å². The predicted octanol–water partition coefficient (Wildman–Crippen LogP) is 1.21. The van der Waals surface area contributed by atoms with E-state index in [1.165, 1.54) is 0 Å². The largest absolute Gasteiger partial charge is 0.449 e. The van der Waals surface area contributed by atoms with Crippen LogP contribution < -0.4 is 5.32 Å². The van der Waals surface area contributed by atoms with Gasteiger partial charge in [-0.15, -0.1) is 11.8 Å². The molecule has 2 aliphatic rings. The van der Waals surface area contributed by atoms with Crippen molar-refractivity contribution in [2.75, 3.05) is 72.6 Å². The molecule has 0 aromatic heterocycles. The van der Waals surface area contributed by atoms with Crippen molar-refractivity contribution < 1.29 is 33.6 Å². The second-order valence-corrected chi connectivity index (χ2v) is 7.12. The monoisotopic (exact) mass is 413 g/mol. The van der Waals surface area contributed by atoms with Crippen molar-refractivity contribution in [3.8, 4) is 11.8 Å². The summed E-state index contributed by atoms with van der Waals surface area (Å²) in [6, 6.07) is 0. The number of hydrogen-bond acceptors (Lipinski definition) is 7. The van der Waals surface area contributed by atoms with Crippen LogP contribution in [0.3, 0.4) is 0 Å². The Bertz CT molecular complexity index is 487. The highest BCUT2D eigenvalue weighted by Crippen LogP contribution is 2.52. The highest BCUT2D eigenvalue weighted by atomic mass is 16.6. The molecule has 2 N–H and O–H groups in total. The third-order valence-corrected chi connectivity index (χ3v) is 5.11. The summed E-state index contributed by atoms with van der Waals surface area (Å²) < 4.78 is 26.5. The molecule has 8 heteroatoms. The fourth-order valence-corrected chi connectivity index (χ4v) is 3.56. The number of amides is 1. The summed E-state index contributed by atoms with van der Waals surface area (Å²) in [7, 11) is 0. The number of nitrogens with one attached hydrogen (secondary N) is 1. The summed E-state index contributed by atoms with van der Waals surface area (Å²) in [5.74, 6) is 8.26. The van der Waals surface area contributed by atoms with Gasteiger partial charge in [0.25, 0.3) is 0 Å². The van der Waals surface area contributed by atoms with Gasteiger partial charge in [0.2, 0.25) is 0 Å². The molecule has 2 aliphatic carbocycles. The van der Waals surface area contributed by atoms with Gasteiger partial charge in [-0.25, -0.2) is 4.79 Å². The molecule has 0 aliphatic heterocycles. The van der Waals surface area contributed by atoms with E-state index < -0.39 is 0 Å². The molecule has 0 spiro atoms. The van der Waals surface area contributed by atoms with E-state index in [0.29, 0.717) is 83.8 Å². The lowest BCUT2D eigenvalue weighted by molar-refractivity contribution is -0.00520. The van der Waals surface area contributed by atoms with E-state index in [4.69, 9.17) is 28.8 Å². The van der Waals surface area contributed by atoms with E-state index in [1.807, 2.05) is 0 Å². The molecule has 0 radical (unpaired) electrons. The Morgan fingerprint density at radius 1 is 0.828 bits per heavy atom. The molecule has 0 bridgehead atoms. The lowest BCUT2D eigenvalue weighted by Gasteiger charge is -2.08. The standard InChI is InChI=1S/C21H35NO7/c23-8-10-26-12-14-28-16-15-27-13-11-25-9-7-22-21(24)29-17-20-18-5-3-1-2-4-6-19(18)20/h18-20,23H,3-17H2,(H,22,24)/t18-,19+,20?. The van der Waals surface area contributed by atoms with Crippen LogP contribution in [0.1, 0.15) is 25.7 Å². The Labute approximate surface area is 173 Å². The van der Waals surface area contributed by atoms with Crippen LogP contribution in [0.4, 0.5) is 4.79 Å². The molecule has 0 aromatic rings. The van der Waals surface area contributed by atoms with Crippen LogP contribution in [-0.4, -0.2) is 83.8 Å². The van der Waals surface area contributed by atoms with E-state index in [2.05, 4.69) is 17.2 Å². The van der Waals surface area contributed by atoms with E-state index in [-0.39, 0.29) is 12.7 Å². The van der Waals surface area contributed by atoms with Crippen LogP contribution in [0.2, 0.25) is 0 Å². The summed E-state index contributed by atoms with van der Waals surface area (Å²) >= 11 is 0. The second-order valence-electron chi connectivity index (χ2n) is 7.12. The van der Waals surface area contributed by atoms with Gasteiger partial charge in [0, 0.05) is 19.4 Å². The molecule has 1 unspecified atom stereocenters. The van der Waals surface area contributed by atoms with Gasteiger partial charge in [-0.3, -0.25) is 0 Å². The number of fused-ring (bicyclic) bond motifs is 1. The third kappa shape index (κ3) is 10.8. The SMILES string of the molecule is O=C(NCCOCCOCCOCCOCCO)OCC1[C@H]2CCC#CCC[C@@H]12. The smallest absolute Gasteiger partial charge is 0.407 e. The van der Waals surface area contributed by atoms with Gasteiger partial charge in [-0.2, -0.15) is 0 Å². The minimum atomic E-state index is -0.375. The number of ether oxygens (including phenoxy) is 5. The zero-order chi connectivity index (χ0) is 20.6. The van der Waals surface area contributed by atoms with Crippen LogP contribution in [-0.2, 0) is 23.7 Å². The normalized spacial score (nSPS) is 22.6. The van der Waals surface area contributed by atoms with Gasteiger partial charge in [0.1, 0.15) is 0 Å². The maximum absolute atomic E-state index is 11.8. The molecular formula is C21H35NO7. The van der Waals surface area contributed by atoms with E-state index in [1.54, 1.807) is 0 Å². The summed E-state index contributed by atoms with van der Waals surface area (Å²) in [5, 5.41) is 11.3. The fraction of sp³-hybridized carbons (Fsp3) is 0.857. The summed E-state index contributed by atoms with van der Waals surface area (Å²) in [6.07, 6.45) is 3.83. The maximum atomic E-state index is 11.8. The minimum absolute atomic E-state index is 0.0251. The minimum Gasteiger partial charge on any atom is -0.449 e. The molecule has 8 nitrogen and oxygen atoms in total. The summed E-state index contributed by atoms with van der Waals surface area (Å²) in [5.41, 5.74) is 0. The molecule has 0 aromatic carbocycles. The first-order chi connectivity index (χ1) is 14.3. The maximum Gasteiger partial charge on any atom is 0.407 e. The van der Waals surface area contributed by atoms with Gasteiger partial charge in [0.15, 0.2) is 0 Å². The molecule has 29 heavy (non-hydrogen) atoms. The molecule has 0 saturated heterocycles. The fourth-order valence-electron chi connectivity index (χ4n) is 3.56. The number of aliphatic hydroxyl groups is 1. The number of alkyl carbamates (subject to hydrolysis) is 1. The predicted molar refractivity (Wildman–Crippen MR) is 106 cm³/mol. The van der Waals surface area contributed by atoms with Gasteiger partial charge in [-0.05, 0) is 30.6 Å². The average molecular weight is 414 g/mol. The number of hydrogen-bond donors (Lipinski definition) is 2. The Kier molecular flexibility index (Phi) is 12.7. The molecule has 2 rings (SSSR count). The van der Waals surface area contributed by atoms with Crippen molar-refractivity contribution in [1.29, 1.82) is 0 Å². The van der Waals surface area contributed by atoms with Gasteiger partial charge in [0.05, 0.1) is 66.1 Å². The lowest BCUT2D eigenvalue weighted by Crippen LogP contribution is -2.29.